The lowest BCUT2D eigenvalue weighted by molar-refractivity contribution is -0.142. The minimum Gasteiger partial charge on any atom is -0.481 e. The first kappa shape index (κ1) is 22.1. The SMILES string of the molecule is CC(CC(=O)O)C(=O)NC(Cc1ccc(-c2ccccc2)cc1)C[C@@H](C)C(=O)O. The van der Waals surface area contributed by atoms with Crippen molar-refractivity contribution in [1.29, 1.82) is 0 Å². The highest BCUT2D eigenvalue weighted by atomic mass is 16.4. The molecule has 2 aromatic rings. The zero-order valence-electron chi connectivity index (χ0n) is 16.7. The van der Waals surface area contributed by atoms with Crippen molar-refractivity contribution in [2.45, 2.75) is 39.2 Å². The Bertz CT molecular complexity index is 832. The molecular formula is C23H27NO5. The summed E-state index contributed by atoms with van der Waals surface area (Å²) >= 11 is 0. The second-order valence-corrected chi connectivity index (χ2v) is 7.45. The largest absolute Gasteiger partial charge is 0.481 e. The van der Waals surface area contributed by atoms with Crippen LogP contribution in [0.2, 0.25) is 0 Å². The van der Waals surface area contributed by atoms with Crippen molar-refractivity contribution >= 4 is 17.8 Å². The van der Waals surface area contributed by atoms with E-state index in [1.807, 2.05) is 54.6 Å². The molecule has 0 spiro atoms. The quantitative estimate of drug-likeness (QED) is 0.568. The molecule has 0 aliphatic rings. The van der Waals surface area contributed by atoms with Gasteiger partial charge in [-0.25, -0.2) is 0 Å². The van der Waals surface area contributed by atoms with Crippen molar-refractivity contribution in [2.24, 2.45) is 11.8 Å². The molecule has 6 nitrogen and oxygen atoms in total. The third kappa shape index (κ3) is 7.07. The van der Waals surface area contributed by atoms with E-state index in [1.54, 1.807) is 13.8 Å². The Balaban J connectivity index is 2.10. The molecule has 2 unspecified atom stereocenters. The summed E-state index contributed by atoms with van der Waals surface area (Å²) in [5.41, 5.74) is 3.15. The summed E-state index contributed by atoms with van der Waals surface area (Å²) in [5, 5.41) is 21.0. The molecule has 0 heterocycles. The molecule has 0 radical (unpaired) electrons. The van der Waals surface area contributed by atoms with E-state index in [0.717, 1.165) is 16.7 Å². The highest BCUT2D eigenvalue weighted by Crippen LogP contribution is 2.21. The van der Waals surface area contributed by atoms with Gasteiger partial charge in [-0.1, -0.05) is 68.4 Å². The van der Waals surface area contributed by atoms with Crippen LogP contribution >= 0.6 is 0 Å². The molecule has 29 heavy (non-hydrogen) atoms. The Morgan fingerprint density at radius 1 is 0.862 bits per heavy atom. The Hall–Kier alpha value is -3.15. The van der Waals surface area contributed by atoms with Gasteiger partial charge in [0.2, 0.25) is 5.91 Å². The van der Waals surface area contributed by atoms with Gasteiger partial charge in [0, 0.05) is 12.0 Å². The Morgan fingerprint density at radius 2 is 1.45 bits per heavy atom. The van der Waals surface area contributed by atoms with E-state index in [2.05, 4.69) is 5.32 Å². The molecule has 0 fully saturated rings. The molecule has 0 saturated carbocycles. The summed E-state index contributed by atoms with van der Waals surface area (Å²) < 4.78 is 0. The fourth-order valence-electron chi connectivity index (χ4n) is 3.17. The van der Waals surface area contributed by atoms with Crippen LogP contribution in [0.4, 0.5) is 0 Å². The molecule has 0 bridgehead atoms. The van der Waals surface area contributed by atoms with E-state index < -0.39 is 29.8 Å². The van der Waals surface area contributed by atoms with E-state index in [0.29, 0.717) is 6.42 Å². The molecule has 0 aromatic heterocycles. The first-order valence-electron chi connectivity index (χ1n) is 9.65. The minimum atomic E-state index is -1.04. The highest BCUT2D eigenvalue weighted by Gasteiger charge is 2.23. The lowest BCUT2D eigenvalue weighted by atomic mass is 9.94. The maximum Gasteiger partial charge on any atom is 0.306 e. The summed E-state index contributed by atoms with van der Waals surface area (Å²) in [5.74, 6) is -3.66. The topological polar surface area (TPSA) is 104 Å². The van der Waals surface area contributed by atoms with Crippen LogP contribution in [-0.2, 0) is 20.8 Å². The summed E-state index contributed by atoms with van der Waals surface area (Å²) in [6, 6.07) is 17.5. The van der Waals surface area contributed by atoms with Gasteiger partial charge in [-0.3, -0.25) is 14.4 Å². The molecule has 0 saturated heterocycles. The van der Waals surface area contributed by atoms with Crippen LogP contribution in [0.3, 0.4) is 0 Å². The van der Waals surface area contributed by atoms with Crippen molar-refractivity contribution in [3.63, 3.8) is 0 Å². The summed E-state index contributed by atoms with van der Waals surface area (Å²) in [7, 11) is 0. The number of carboxylic acid groups (broad SMARTS) is 2. The standard InChI is InChI=1S/C23H27NO5/c1-15(13-21(25)26)22(27)24-20(12-16(2)23(28)29)14-17-8-10-19(11-9-17)18-6-4-3-5-7-18/h3-11,15-16,20H,12-14H2,1-2H3,(H,24,27)(H,25,26)(H,28,29)/t15?,16-,20?/m1/s1. The monoisotopic (exact) mass is 397 g/mol. The molecule has 0 aliphatic heterocycles. The average molecular weight is 397 g/mol. The maximum atomic E-state index is 12.3. The van der Waals surface area contributed by atoms with Crippen LogP contribution in [0, 0.1) is 11.8 Å². The lowest BCUT2D eigenvalue weighted by Crippen LogP contribution is -2.41. The number of benzene rings is 2. The number of carboxylic acids is 2. The van der Waals surface area contributed by atoms with Gasteiger partial charge in [0.1, 0.15) is 0 Å². The first-order chi connectivity index (χ1) is 13.8. The van der Waals surface area contributed by atoms with Gasteiger partial charge in [-0.2, -0.15) is 0 Å². The number of hydrogen-bond donors (Lipinski definition) is 3. The number of carbonyl (C=O) groups excluding carboxylic acids is 1. The van der Waals surface area contributed by atoms with Crippen LogP contribution in [0.15, 0.2) is 54.6 Å². The van der Waals surface area contributed by atoms with E-state index >= 15 is 0 Å². The van der Waals surface area contributed by atoms with Gasteiger partial charge in [0.05, 0.1) is 12.3 Å². The van der Waals surface area contributed by atoms with Crippen LogP contribution in [-0.4, -0.2) is 34.1 Å². The van der Waals surface area contributed by atoms with E-state index in [1.165, 1.54) is 0 Å². The zero-order chi connectivity index (χ0) is 21.4. The van der Waals surface area contributed by atoms with Crippen molar-refractivity contribution < 1.29 is 24.6 Å². The van der Waals surface area contributed by atoms with Gasteiger partial charge >= 0.3 is 11.9 Å². The summed E-state index contributed by atoms with van der Waals surface area (Å²) in [6.07, 6.45) is 0.471. The van der Waals surface area contributed by atoms with Crippen LogP contribution < -0.4 is 5.32 Å². The number of amides is 1. The minimum absolute atomic E-state index is 0.265. The molecular weight excluding hydrogens is 370 g/mol. The summed E-state index contributed by atoms with van der Waals surface area (Å²) in [6.45, 7) is 3.15. The fourth-order valence-corrected chi connectivity index (χ4v) is 3.17. The third-order valence-electron chi connectivity index (χ3n) is 4.88. The van der Waals surface area contributed by atoms with Gasteiger partial charge in [-0.05, 0) is 29.5 Å². The molecule has 2 aromatic carbocycles. The van der Waals surface area contributed by atoms with E-state index in [-0.39, 0.29) is 18.7 Å². The maximum absolute atomic E-state index is 12.3. The number of aliphatic carboxylic acids is 2. The Kier molecular flexibility index (Phi) is 7.95. The number of hydrogen-bond acceptors (Lipinski definition) is 3. The lowest BCUT2D eigenvalue weighted by Gasteiger charge is -2.22. The number of rotatable bonds is 10. The predicted octanol–water partition coefficient (Wildman–Crippen LogP) is 3.60. The van der Waals surface area contributed by atoms with Gasteiger partial charge < -0.3 is 15.5 Å². The van der Waals surface area contributed by atoms with Crippen LogP contribution in [0.1, 0.15) is 32.3 Å². The number of carbonyl (C=O) groups is 3. The molecule has 6 heteroatoms. The van der Waals surface area contributed by atoms with Gasteiger partial charge in [0.15, 0.2) is 0 Å². The smallest absolute Gasteiger partial charge is 0.306 e. The average Bonchev–Trinajstić information content (AvgIpc) is 2.68. The zero-order valence-corrected chi connectivity index (χ0v) is 16.7. The molecule has 1 amide bonds. The second kappa shape index (κ2) is 10.4. The normalized spacial score (nSPS) is 13.9. The van der Waals surface area contributed by atoms with Crippen molar-refractivity contribution in [1.82, 2.24) is 5.32 Å². The third-order valence-corrected chi connectivity index (χ3v) is 4.88. The molecule has 3 atom stereocenters. The van der Waals surface area contributed by atoms with E-state index in [4.69, 9.17) is 5.11 Å². The van der Waals surface area contributed by atoms with Gasteiger partial charge in [-0.15, -0.1) is 0 Å². The molecule has 2 rings (SSSR count). The highest BCUT2D eigenvalue weighted by molar-refractivity contribution is 5.83. The number of nitrogens with one attached hydrogen (secondary N) is 1. The Labute approximate surface area is 170 Å². The van der Waals surface area contributed by atoms with Crippen molar-refractivity contribution in [3.8, 4) is 11.1 Å². The fraction of sp³-hybridized carbons (Fsp3) is 0.348. The molecule has 3 N–H and O–H groups in total. The Morgan fingerprint density at radius 3 is 2.00 bits per heavy atom. The summed E-state index contributed by atoms with van der Waals surface area (Å²) in [4.78, 5) is 34.5. The van der Waals surface area contributed by atoms with Crippen molar-refractivity contribution in [3.05, 3.63) is 60.2 Å². The van der Waals surface area contributed by atoms with Gasteiger partial charge in [0.25, 0.3) is 0 Å². The van der Waals surface area contributed by atoms with Crippen LogP contribution in [0.25, 0.3) is 11.1 Å². The first-order valence-corrected chi connectivity index (χ1v) is 9.65. The molecule has 154 valence electrons. The molecule has 0 aliphatic carbocycles. The van der Waals surface area contributed by atoms with E-state index in [9.17, 15) is 19.5 Å². The second-order valence-electron chi connectivity index (χ2n) is 7.45. The van der Waals surface area contributed by atoms with Crippen molar-refractivity contribution in [2.75, 3.05) is 0 Å². The predicted molar refractivity (Wildman–Crippen MR) is 110 cm³/mol. The van der Waals surface area contributed by atoms with Crippen LogP contribution in [0.5, 0.6) is 0 Å².